The molecule has 0 atom stereocenters. The second-order valence-electron chi connectivity index (χ2n) is 8.87. The number of benzene rings is 2. The van der Waals surface area contributed by atoms with Gasteiger partial charge in [-0.25, -0.2) is 0 Å². The van der Waals surface area contributed by atoms with Gasteiger partial charge in [0.15, 0.2) is 11.5 Å². The summed E-state index contributed by atoms with van der Waals surface area (Å²) in [6.07, 6.45) is 5.68. The summed E-state index contributed by atoms with van der Waals surface area (Å²) < 4.78 is 22.1. The molecule has 1 N–H and O–H groups in total. The van der Waals surface area contributed by atoms with Crippen LogP contribution < -0.4 is 24.3 Å². The number of hydrogen-bond donors (Lipinski definition) is 1. The van der Waals surface area contributed by atoms with E-state index in [0.29, 0.717) is 41.3 Å². The zero-order valence-corrected chi connectivity index (χ0v) is 21.7. The molecule has 1 aliphatic heterocycles. The third kappa shape index (κ3) is 6.69. The van der Waals surface area contributed by atoms with Crippen LogP contribution in [0.1, 0.15) is 44.7 Å². The lowest BCUT2D eigenvalue weighted by molar-refractivity contribution is -0.121. The molecule has 1 amide bonds. The summed E-state index contributed by atoms with van der Waals surface area (Å²) in [6.45, 7) is 8.76. The molecule has 0 aliphatic carbocycles. The fourth-order valence-corrected chi connectivity index (χ4v) is 4.33. The summed E-state index contributed by atoms with van der Waals surface area (Å²) in [5, 5.41) is 3.13. The Labute approximate surface area is 209 Å². The maximum atomic E-state index is 13.0. The number of nitrogens with zero attached hydrogens (tertiary/aromatic N) is 1. The van der Waals surface area contributed by atoms with Gasteiger partial charge in [-0.2, -0.15) is 0 Å². The Morgan fingerprint density at radius 3 is 2.14 bits per heavy atom. The number of likely N-dealkylation sites (tertiary alicyclic amines) is 1. The normalized spacial score (nSPS) is 14.8. The molecule has 0 saturated carbocycles. The number of amides is 1. The van der Waals surface area contributed by atoms with Crippen LogP contribution in [0.5, 0.6) is 23.0 Å². The zero-order chi connectivity index (χ0) is 25.4. The first-order chi connectivity index (χ1) is 16.9. The van der Waals surface area contributed by atoms with E-state index in [0.717, 1.165) is 37.1 Å². The van der Waals surface area contributed by atoms with Gasteiger partial charge in [-0.05, 0) is 82.1 Å². The highest BCUT2D eigenvalue weighted by atomic mass is 16.5. The highest BCUT2D eigenvalue weighted by Crippen LogP contribution is 2.38. The molecular weight excluding hydrogens is 444 g/mol. The Hall–Kier alpha value is -3.19. The number of ether oxygens (including phenoxy) is 4. The number of anilines is 1. The molecule has 2 aromatic rings. The summed E-state index contributed by atoms with van der Waals surface area (Å²) in [6, 6.07) is 10.1. The van der Waals surface area contributed by atoms with Gasteiger partial charge in [-0.15, -0.1) is 0 Å². The molecule has 0 radical (unpaired) electrons. The minimum absolute atomic E-state index is 0.0119. The van der Waals surface area contributed by atoms with E-state index in [1.54, 1.807) is 21.3 Å². The second kappa shape index (κ2) is 12.5. The number of carbonyl (C=O) groups is 1. The van der Waals surface area contributed by atoms with Crippen molar-refractivity contribution in [3.05, 3.63) is 41.5 Å². The molecule has 7 nitrogen and oxygen atoms in total. The fourth-order valence-electron chi connectivity index (χ4n) is 4.33. The fraction of sp³-hybridized carbons (Fsp3) is 0.464. The van der Waals surface area contributed by atoms with Gasteiger partial charge >= 0.3 is 0 Å². The Morgan fingerprint density at radius 1 is 0.971 bits per heavy atom. The van der Waals surface area contributed by atoms with E-state index in [1.165, 1.54) is 0 Å². The lowest BCUT2D eigenvalue weighted by Gasteiger charge is -2.34. The number of carbonyl (C=O) groups excluding carboxylic acids is 1. The van der Waals surface area contributed by atoms with Gasteiger partial charge in [0.2, 0.25) is 11.7 Å². The number of methoxy groups -OCH3 is 3. The predicted octanol–water partition coefficient (Wildman–Crippen LogP) is 5.34. The highest BCUT2D eigenvalue weighted by Gasteiger charge is 2.26. The van der Waals surface area contributed by atoms with Crippen LogP contribution in [0.25, 0.3) is 12.2 Å². The van der Waals surface area contributed by atoms with Crippen LogP contribution in [0, 0.1) is 5.92 Å². The first kappa shape index (κ1) is 26.4. The first-order valence-corrected chi connectivity index (χ1v) is 12.2. The Kier molecular flexibility index (Phi) is 9.43. The molecule has 0 bridgehead atoms. The van der Waals surface area contributed by atoms with Crippen molar-refractivity contribution < 1.29 is 23.7 Å². The molecule has 1 fully saturated rings. The standard InChI is InChI=1S/C28H38N2O5/c1-7-35-24-11-10-20(8-9-21-17-25(32-4)27(34-6)26(18-21)33-5)16-23(24)29-28(31)22-12-14-30(15-13-22)19(2)3/h8-11,16-19,22H,7,12-15H2,1-6H3,(H,29,31)/b9-8+. The summed E-state index contributed by atoms with van der Waals surface area (Å²) in [4.78, 5) is 15.5. The van der Waals surface area contributed by atoms with E-state index in [1.807, 2.05) is 49.4 Å². The molecule has 0 aromatic heterocycles. The van der Waals surface area contributed by atoms with Crippen molar-refractivity contribution >= 4 is 23.7 Å². The van der Waals surface area contributed by atoms with Gasteiger partial charge in [0.1, 0.15) is 5.75 Å². The van der Waals surface area contributed by atoms with E-state index >= 15 is 0 Å². The van der Waals surface area contributed by atoms with Crippen LogP contribution in [-0.2, 0) is 4.79 Å². The lowest BCUT2D eigenvalue weighted by Crippen LogP contribution is -2.41. The van der Waals surface area contributed by atoms with Gasteiger partial charge in [0.25, 0.3) is 0 Å². The third-order valence-corrected chi connectivity index (χ3v) is 6.35. The van der Waals surface area contributed by atoms with E-state index in [4.69, 9.17) is 18.9 Å². The highest BCUT2D eigenvalue weighted by molar-refractivity contribution is 5.94. The van der Waals surface area contributed by atoms with E-state index in [9.17, 15) is 4.79 Å². The first-order valence-electron chi connectivity index (χ1n) is 12.2. The van der Waals surface area contributed by atoms with Crippen molar-refractivity contribution in [2.75, 3.05) is 46.3 Å². The van der Waals surface area contributed by atoms with Crippen molar-refractivity contribution in [1.82, 2.24) is 4.90 Å². The minimum Gasteiger partial charge on any atom is -0.493 e. The van der Waals surface area contributed by atoms with E-state index in [-0.39, 0.29) is 11.8 Å². The molecule has 1 heterocycles. The van der Waals surface area contributed by atoms with Crippen molar-refractivity contribution in [3.63, 3.8) is 0 Å². The summed E-state index contributed by atoms with van der Waals surface area (Å²) in [5.41, 5.74) is 2.53. The Bertz CT molecular complexity index is 1000. The molecule has 2 aromatic carbocycles. The van der Waals surface area contributed by atoms with Crippen LogP contribution in [0.15, 0.2) is 30.3 Å². The summed E-state index contributed by atoms with van der Waals surface area (Å²) in [5.74, 6) is 2.48. The molecule has 190 valence electrons. The maximum Gasteiger partial charge on any atom is 0.227 e. The van der Waals surface area contributed by atoms with Crippen LogP contribution in [0.2, 0.25) is 0 Å². The Balaban J connectivity index is 1.79. The van der Waals surface area contributed by atoms with Crippen LogP contribution >= 0.6 is 0 Å². The molecule has 7 heteroatoms. The van der Waals surface area contributed by atoms with Crippen LogP contribution in [0.4, 0.5) is 5.69 Å². The molecule has 1 aliphatic rings. The maximum absolute atomic E-state index is 13.0. The lowest BCUT2D eigenvalue weighted by atomic mass is 9.95. The summed E-state index contributed by atoms with van der Waals surface area (Å²) in [7, 11) is 4.77. The average Bonchev–Trinajstić information content (AvgIpc) is 2.88. The van der Waals surface area contributed by atoms with Gasteiger partial charge < -0.3 is 29.2 Å². The second-order valence-corrected chi connectivity index (χ2v) is 8.87. The number of rotatable bonds is 10. The monoisotopic (exact) mass is 482 g/mol. The molecule has 0 spiro atoms. The molecule has 35 heavy (non-hydrogen) atoms. The van der Waals surface area contributed by atoms with E-state index in [2.05, 4.69) is 24.1 Å². The number of piperidine rings is 1. The Morgan fingerprint density at radius 2 is 1.60 bits per heavy atom. The quantitative estimate of drug-likeness (QED) is 0.461. The van der Waals surface area contributed by atoms with Gasteiger partial charge in [0, 0.05) is 12.0 Å². The zero-order valence-electron chi connectivity index (χ0n) is 21.7. The van der Waals surface area contributed by atoms with Crippen molar-refractivity contribution in [2.24, 2.45) is 5.92 Å². The summed E-state index contributed by atoms with van der Waals surface area (Å²) >= 11 is 0. The van der Waals surface area contributed by atoms with Crippen LogP contribution in [0.3, 0.4) is 0 Å². The van der Waals surface area contributed by atoms with Gasteiger partial charge in [-0.1, -0.05) is 18.2 Å². The van der Waals surface area contributed by atoms with Gasteiger partial charge in [-0.3, -0.25) is 4.79 Å². The van der Waals surface area contributed by atoms with Crippen molar-refractivity contribution in [1.29, 1.82) is 0 Å². The SMILES string of the molecule is CCOc1ccc(/C=C/c2cc(OC)c(OC)c(OC)c2)cc1NC(=O)C1CCN(C(C)C)CC1. The van der Waals surface area contributed by atoms with Gasteiger partial charge in [0.05, 0.1) is 33.6 Å². The minimum atomic E-state index is 0.0119. The van der Waals surface area contributed by atoms with Crippen molar-refractivity contribution in [3.8, 4) is 23.0 Å². The van der Waals surface area contributed by atoms with Crippen LogP contribution in [-0.4, -0.2) is 57.9 Å². The predicted molar refractivity (Wildman–Crippen MR) is 141 cm³/mol. The largest absolute Gasteiger partial charge is 0.493 e. The molecular formula is C28H38N2O5. The smallest absolute Gasteiger partial charge is 0.227 e. The molecule has 3 rings (SSSR count). The molecule has 1 saturated heterocycles. The number of hydrogen-bond acceptors (Lipinski definition) is 6. The topological polar surface area (TPSA) is 69.3 Å². The third-order valence-electron chi connectivity index (χ3n) is 6.35. The van der Waals surface area contributed by atoms with E-state index < -0.39 is 0 Å². The van der Waals surface area contributed by atoms with Crippen molar-refractivity contribution in [2.45, 2.75) is 39.7 Å². The number of nitrogens with one attached hydrogen (secondary N) is 1. The molecule has 0 unspecified atom stereocenters. The average molecular weight is 483 g/mol.